The van der Waals surface area contributed by atoms with Gasteiger partial charge in [0.2, 0.25) is 0 Å². The molecular weight excluding hydrogens is 403 g/mol. The molecule has 0 saturated carbocycles. The number of carbonyl (C=O) groups excluding carboxylic acids is 1. The van der Waals surface area contributed by atoms with Crippen LogP contribution in [0, 0.1) is 0 Å². The highest BCUT2D eigenvalue weighted by Crippen LogP contribution is 2.28. The number of nitrogens with zero attached hydrogens (tertiary/aromatic N) is 2. The molecule has 0 N–H and O–H groups in total. The molecule has 4 nitrogen and oxygen atoms in total. The summed E-state index contributed by atoms with van der Waals surface area (Å²) in [5.74, 6) is 0.0174. The molecule has 0 saturated heterocycles. The van der Waals surface area contributed by atoms with E-state index in [1.807, 2.05) is 29.8 Å². The highest BCUT2D eigenvalue weighted by Gasteiger charge is 2.09. The van der Waals surface area contributed by atoms with Crippen molar-refractivity contribution in [3.63, 3.8) is 0 Å². The average molecular weight is 417 g/mol. The first-order valence-corrected chi connectivity index (χ1v) is 9.73. The first-order chi connectivity index (χ1) is 13.0. The SMILES string of the molecule is Cn1c(=NC(=O)COc2ccc(Cl)cc2Cl)sc2c3ccccc3ccc21. The third kappa shape index (κ3) is 3.58. The summed E-state index contributed by atoms with van der Waals surface area (Å²) in [6, 6.07) is 17.1. The fourth-order valence-corrected chi connectivity index (χ4v) is 4.47. The van der Waals surface area contributed by atoms with E-state index in [2.05, 4.69) is 23.2 Å². The molecule has 0 atom stereocenters. The molecule has 1 aromatic heterocycles. The van der Waals surface area contributed by atoms with Gasteiger partial charge in [0.05, 0.1) is 15.2 Å². The van der Waals surface area contributed by atoms with Gasteiger partial charge in [-0.3, -0.25) is 4.79 Å². The van der Waals surface area contributed by atoms with Gasteiger partial charge in [0.15, 0.2) is 11.4 Å². The van der Waals surface area contributed by atoms with E-state index in [1.165, 1.54) is 11.3 Å². The Hall–Kier alpha value is -2.34. The molecule has 0 fully saturated rings. The van der Waals surface area contributed by atoms with Crippen LogP contribution in [0.1, 0.15) is 0 Å². The lowest BCUT2D eigenvalue weighted by molar-refractivity contribution is -0.120. The zero-order valence-corrected chi connectivity index (χ0v) is 16.6. The van der Waals surface area contributed by atoms with Gasteiger partial charge in [0.25, 0.3) is 5.91 Å². The minimum absolute atomic E-state index is 0.198. The standard InChI is InChI=1S/C20H14Cl2N2O2S/c1-24-16-8-6-12-4-2-3-5-14(12)19(16)27-20(24)23-18(25)11-26-17-9-7-13(21)10-15(17)22/h2-10H,11H2,1H3. The molecule has 0 spiro atoms. The molecule has 4 rings (SSSR count). The molecule has 3 aromatic carbocycles. The number of aromatic nitrogens is 1. The van der Waals surface area contributed by atoms with E-state index < -0.39 is 0 Å². The summed E-state index contributed by atoms with van der Waals surface area (Å²) in [4.78, 5) is 17.1. The Bertz CT molecular complexity index is 1240. The smallest absolute Gasteiger partial charge is 0.286 e. The lowest BCUT2D eigenvalue weighted by Gasteiger charge is -2.05. The zero-order chi connectivity index (χ0) is 19.0. The number of fused-ring (bicyclic) bond motifs is 3. The lowest BCUT2D eigenvalue weighted by atomic mass is 10.1. The van der Waals surface area contributed by atoms with Gasteiger partial charge in [0.1, 0.15) is 5.75 Å². The zero-order valence-electron chi connectivity index (χ0n) is 14.3. The third-order valence-corrected chi connectivity index (χ3v) is 5.88. The number of aryl methyl sites for hydroxylation is 1. The van der Waals surface area contributed by atoms with Crippen molar-refractivity contribution in [2.75, 3.05) is 6.61 Å². The van der Waals surface area contributed by atoms with Gasteiger partial charge in [0, 0.05) is 17.5 Å². The van der Waals surface area contributed by atoms with E-state index in [0.29, 0.717) is 20.6 Å². The summed E-state index contributed by atoms with van der Waals surface area (Å²) in [5.41, 5.74) is 1.03. The van der Waals surface area contributed by atoms with Gasteiger partial charge in [-0.1, -0.05) is 64.9 Å². The molecule has 0 unspecified atom stereocenters. The summed E-state index contributed by atoms with van der Waals surface area (Å²) in [6.07, 6.45) is 0. The Kier molecular flexibility index (Phi) is 4.91. The molecule has 0 aliphatic carbocycles. The molecule has 27 heavy (non-hydrogen) atoms. The normalized spacial score (nSPS) is 12.0. The monoisotopic (exact) mass is 416 g/mol. The average Bonchev–Trinajstić information content (AvgIpc) is 2.97. The summed E-state index contributed by atoms with van der Waals surface area (Å²) in [7, 11) is 1.90. The van der Waals surface area contributed by atoms with Crippen molar-refractivity contribution < 1.29 is 9.53 Å². The fourth-order valence-electron chi connectivity index (χ4n) is 2.83. The van der Waals surface area contributed by atoms with Crippen molar-refractivity contribution in [3.05, 3.63) is 69.4 Å². The molecule has 1 amide bonds. The summed E-state index contributed by atoms with van der Waals surface area (Å²) < 4.78 is 8.49. The van der Waals surface area contributed by atoms with E-state index in [0.717, 1.165) is 21.0 Å². The van der Waals surface area contributed by atoms with Gasteiger partial charge >= 0.3 is 0 Å². The molecule has 0 bridgehead atoms. The maximum atomic E-state index is 12.3. The number of benzene rings is 3. The number of halogens is 2. The topological polar surface area (TPSA) is 43.6 Å². The van der Waals surface area contributed by atoms with E-state index in [9.17, 15) is 4.79 Å². The van der Waals surface area contributed by atoms with Crippen molar-refractivity contribution in [1.82, 2.24) is 4.57 Å². The Morgan fingerprint density at radius 1 is 1.15 bits per heavy atom. The minimum atomic E-state index is -0.382. The molecule has 136 valence electrons. The van der Waals surface area contributed by atoms with Crippen LogP contribution in [0.4, 0.5) is 0 Å². The molecule has 4 aromatic rings. The van der Waals surface area contributed by atoms with E-state index in [-0.39, 0.29) is 12.5 Å². The van der Waals surface area contributed by atoms with Gasteiger partial charge < -0.3 is 9.30 Å². The number of hydrogen-bond acceptors (Lipinski definition) is 3. The van der Waals surface area contributed by atoms with E-state index in [4.69, 9.17) is 27.9 Å². The quantitative estimate of drug-likeness (QED) is 0.460. The molecule has 1 heterocycles. The highest BCUT2D eigenvalue weighted by atomic mass is 35.5. The second-order valence-electron chi connectivity index (χ2n) is 5.95. The molecule has 0 aliphatic rings. The first-order valence-electron chi connectivity index (χ1n) is 8.15. The molecule has 0 radical (unpaired) electrons. The van der Waals surface area contributed by atoms with Crippen LogP contribution in [0.15, 0.2) is 59.6 Å². The van der Waals surface area contributed by atoms with Gasteiger partial charge in [-0.05, 0) is 29.7 Å². The first kappa shape index (κ1) is 18.0. The minimum Gasteiger partial charge on any atom is -0.482 e. The van der Waals surface area contributed by atoms with Crippen molar-refractivity contribution in [3.8, 4) is 5.75 Å². The maximum absolute atomic E-state index is 12.3. The van der Waals surface area contributed by atoms with Crippen molar-refractivity contribution in [1.29, 1.82) is 0 Å². The number of hydrogen-bond donors (Lipinski definition) is 0. The van der Waals surface area contributed by atoms with Crippen LogP contribution in [0.5, 0.6) is 5.75 Å². The third-order valence-electron chi connectivity index (χ3n) is 4.17. The number of amides is 1. The molecule has 7 heteroatoms. The Labute approximate surface area is 169 Å². The van der Waals surface area contributed by atoms with Crippen molar-refractivity contribution in [2.24, 2.45) is 12.0 Å². The number of thiazole rings is 1. The van der Waals surface area contributed by atoms with Crippen LogP contribution in [-0.2, 0) is 11.8 Å². The Morgan fingerprint density at radius 3 is 2.78 bits per heavy atom. The van der Waals surface area contributed by atoms with Crippen LogP contribution in [0.3, 0.4) is 0 Å². The van der Waals surface area contributed by atoms with Gasteiger partial charge in [-0.15, -0.1) is 0 Å². The number of ether oxygens (including phenoxy) is 1. The van der Waals surface area contributed by atoms with Crippen LogP contribution < -0.4 is 9.54 Å². The second-order valence-corrected chi connectivity index (χ2v) is 7.77. The van der Waals surface area contributed by atoms with Crippen LogP contribution in [-0.4, -0.2) is 17.1 Å². The van der Waals surface area contributed by atoms with Crippen LogP contribution in [0.2, 0.25) is 10.0 Å². The molecule has 0 aliphatic heterocycles. The van der Waals surface area contributed by atoms with Crippen molar-refractivity contribution in [2.45, 2.75) is 0 Å². The maximum Gasteiger partial charge on any atom is 0.286 e. The van der Waals surface area contributed by atoms with Crippen molar-refractivity contribution >= 4 is 61.4 Å². The Balaban J connectivity index is 1.65. The lowest BCUT2D eigenvalue weighted by Crippen LogP contribution is -2.17. The summed E-state index contributed by atoms with van der Waals surface area (Å²) in [6.45, 7) is -0.198. The Morgan fingerprint density at radius 2 is 1.96 bits per heavy atom. The molecular formula is C20H14Cl2N2O2S. The number of carbonyl (C=O) groups is 1. The van der Waals surface area contributed by atoms with Crippen LogP contribution >= 0.6 is 34.5 Å². The van der Waals surface area contributed by atoms with E-state index >= 15 is 0 Å². The number of rotatable bonds is 3. The summed E-state index contributed by atoms with van der Waals surface area (Å²) in [5, 5.41) is 3.17. The largest absolute Gasteiger partial charge is 0.482 e. The predicted octanol–water partition coefficient (Wildman–Crippen LogP) is 5.21. The second kappa shape index (κ2) is 7.35. The van der Waals surface area contributed by atoms with Gasteiger partial charge in [-0.25, -0.2) is 0 Å². The van der Waals surface area contributed by atoms with Gasteiger partial charge in [-0.2, -0.15) is 4.99 Å². The summed E-state index contributed by atoms with van der Waals surface area (Å²) >= 11 is 13.4. The predicted molar refractivity (Wildman–Crippen MR) is 111 cm³/mol. The fraction of sp³-hybridized carbons (Fsp3) is 0.100. The van der Waals surface area contributed by atoms with Crippen LogP contribution in [0.25, 0.3) is 21.0 Å². The van der Waals surface area contributed by atoms with E-state index in [1.54, 1.807) is 18.2 Å². The highest BCUT2D eigenvalue weighted by molar-refractivity contribution is 7.17.